The van der Waals surface area contributed by atoms with Crippen molar-refractivity contribution in [3.05, 3.63) is 29.8 Å². The quantitative estimate of drug-likeness (QED) is 0.839. The highest BCUT2D eigenvalue weighted by Crippen LogP contribution is 2.21. The van der Waals surface area contributed by atoms with Gasteiger partial charge in [0.2, 0.25) is 0 Å². The maximum Gasteiger partial charge on any atom is 0.387 e. The van der Waals surface area contributed by atoms with Crippen LogP contribution in [0, 0.1) is 5.92 Å². The van der Waals surface area contributed by atoms with Crippen LogP contribution in [0.25, 0.3) is 0 Å². The van der Waals surface area contributed by atoms with Crippen molar-refractivity contribution in [2.45, 2.75) is 19.5 Å². The highest BCUT2D eigenvalue weighted by atomic mass is 19.3. The summed E-state index contributed by atoms with van der Waals surface area (Å²) in [6.07, 6.45) is 1.96. The molecule has 6 heteroatoms. The maximum atomic E-state index is 12.4. The van der Waals surface area contributed by atoms with Crippen molar-refractivity contribution in [2.24, 2.45) is 5.92 Å². The molecule has 0 saturated carbocycles. The lowest BCUT2D eigenvalue weighted by atomic mass is 9.98. The second-order valence-electron chi connectivity index (χ2n) is 5.12. The number of piperidine rings is 1. The van der Waals surface area contributed by atoms with Crippen LogP contribution in [-0.4, -0.2) is 44.2 Å². The van der Waals surface area contributed by atoms with E-state index < -0.39 is 6.61 Å². The Morgan fingerprint density at radius 1 is 1.48 bits per heavy atom. The summed E-state index contributed by atoms with van der Waals surface area (Å²) in [5, 5.41) is 0. The summed E-state index contributed by atoms with van der Waals surface area (Å²) in [5.74, 6) is 0.171. The largest absolute Gasteiger partial charge is 0.435 e. The van der Waals surface area contributed by atoms with Crippen molar-refractivity contribution >= 4 is 5.91 Å². The number of alkyl halides is 2. The number of amides is 1. The van der Waals surface area contributed by atoms with Crippen molar-refractivity contribution < 1.29 is 23.0 Å². The van der Waals surface area contributed by atoms with E-state index in [4.69, 9.17) is 4.74 Å². The van der Waals surface area contributed by atoms with E-state index in [0.717, 1.165) is 12.8 Å². The van der Waals surface area contributed by atoms with Crippen molar-refractivity contribution in [2.75, 3.05) is 26.8 Å². The number of likely N-dealkylation sites (tertiary alicyclic amines) is 1. The molecule has 1 saturated heterocycles. The number of hydrogen-bond donors (Lipinski definition) is 0. The number of halogens is 2. The summed E-state index contributed by atoms with van der Waals surface area (Å²) < 4.78 is 33.9. The molecule has 0 N–H and O–H groups in total. The number of hydrogen-bond acceptors (Lipinski definition) is 3. The summed E-state index contributed by atoms with van der Waals surface area (Å²) in [6.45, 7) is -0.958. The predicted molar refractivity (Wildman–Crippen MR) is 73.6 cm³/mol. The fourth-order valence-electron chi connectivity index (χ4n) is 2.61. The minimum absolute atomic E-state index is 0.00120. The second-order valence-corrected chi connectivity index (χ2v) is 5.12. The first-order valence-corrected chi connectivity index (χ1v) is 6.93. The SMILES string of the molecule is COCC1CCCN(C(=O)c2cccc(OC(F)F)c2)C1. The van der Waals surface area contributed by atoms with Crippen LogP contribution in [0.3, 0.4) is 0 Å². The molecule has 0 radical (unpaired) electrons. The number of carbonyl (C=O) groups excluding carboxylic acids is 1. The van der Waals surface area contributed by atoms with Gasteiger partial charge in [-0.05, 0) is 37.0 Å². The van der Waals surface area contributed by atoms with Gasteiger partial charge in [0.05, 0.1) is 6.61 Å². The number of methoxy groups -OCH3 is 1. The van der Waals surface area contributed by atoms with Gasteiger partial charge < -0.3 is 14.4 Å². The van der Waals surface area contributed by atoms with Gasteiger partial charge in [-0.3, -0.25) is 4.79 Å². The fourth-order valence-corrected chi connectivity index (χ4v) is 2.61. The molecule has 2 rings (SSSR count). The Morgan fingerprint density at radius 3 is 3.00 bits per heavy atom. The molecular weight excluding hydrogens is 280 g/mol. The van der Waals surface area contributed by atoms with Crippen LogP contribution in [0.5, 0.6) is 5.75 Å². The van der Waals surface area contributed by atoms with E-state index in [1.807, 2.05) is 0 Å². The maximum absolute atomic E-state index is 12.4. The second kappa shape index (κ2) is 7.36. The third-order valence-electron chi connectivity index (χ3n) is 3.51. The Labute approximate surface area is 122 Å². The van der Waals surface area contributed by atoms with Crippen LogP contribution in [-0.2, 0) is 4.74 Å². The summed E-state index contributed by atoms with van der Waals surface area (Å²) >= 11 is 0. The van der Waals surface area contributed by atoms with Crippen LogP contribution in [0.4, 0.5) is 8.78 Å². The summed E-state index contributed by atoms with van der Waals surface area (Å²) in [4.78, 5) is 14.2. The molecule has 0 aliphatic carbocycles. The average molecular weight is 299 g/mol. The molecule has 1 aliphatic heterocycles. The minimum atomic E-state index is -2.89. The highest BCUT2D eigenvalue weighted by molar-refractivity contribution is 5.94. The first kappa shape index (κ1) is 15.7. The van der Waals surface area contributed by atoms with E-state index in [1.165, 1.54) is 12.1 Å². The van der Waals surface area contributed by atoms with Crippen LogP contribution in [0.2, 0.25) is 0 Å². The Bertz CT molecular complexity index is 480. The first-order valence-electron chi connectivity index (χ1n) is 6.93. The molecule has 0 aromatic heterocycles. The number of rotatable bonds is 5. The Morgan fingerprint density at radius 2 is 2.29 bits per heavy atom. The van der Waals surface area contributed by atoms with Gasteiger partial charge in [-0.15, -0.1) is 0 Å². The number of benzene rings is 1. The lowest BCUT2D eigenvalue weighted by Crippen LogP contribution is -2.41. The molecule has 0 spiro atoms. The average Bonchev–Trinajstić information content (AvgIpc) is 2.47. The van der Waals surface area contributed by atoms with E-state index >= 15 is 0 Å². The van der Waals surface area contributed by atoms with Gasteiger partial charge in [0.15, 0.2) is 0 Å². The van der Waals surface area contributed by atoms with Gasteiger partial charge in [0.1, 0.15) is 5.75 Å². The topological polar surface area (TPSA) is 38.8 Å². The smallest absolute Gasteiger partial charge is 0.387 e. The lowest BCUT2D eigenvalue weighted by Gasteiger charge is -2.32. The third kappa shape index (κ3) is 4.39. The molecule has 4 nitrogen and oxygen atoms in total. The van der Waals surface area contributed by atoms with Crippen molar-refractivity contribution in [3.8, 4) is 5.75 Å². The molecule has 1 aromatic rings. The summed E-state index contributed by atoms with van der Waals surface area (Å²) in [5.41, 5.74) is 0.367. The molecule has 1 amide bonds. The molecule has 1 atom stereocenters. The zero-order valence-electron chi connectivity index (χ0n) is 11.9. The summed E-state index contributed by atoms with van der Waals surface area (Å²) in [7, 11) is 1.64. The van der Waals surface area contributed by atoms with E-state index in [-0.39, 0.29) is 11.7 Å². The normalized spacial score (nSPS) is 18.9. The van der Waals surface area contributed by atoms with E-state index in [2.05, 4.69) is 4.74 Å². The van der Waals surface area contributed by atoms with Gasteiger partial charge in [0.25, 0.3) is 5.91 Å². The highest BCUT2D eigenvalue weighted by Gasteiger charge is 2.24. The zero-order chi connectivity index (χ0) is 15.2. The van der Waals surface area contributed by atoms with E-state index in [0.29, 0.717) is 31.2 Å². The van der Waals surface area contributed by atoms with Crippen molar-refractivity contribution in [1.29, 1.82) is 0 Å². The molecule has 1 fully saturated rings. The van der Waals surface area contributed by atoms with Crippen molar-refractivity contribution in [1.82, 2.24) is 4.90 Å². The zero-order valence-corrected chi connectivity index (χ0v) is 11.9. The van der Waals surface area contributed by atoms with E-state index in [9.17, 15) is 13.6 Å². The monoisotopic (exact) mass is 299 g/mol. The van der Waals surface area contributed by atoms with Crippen LogP contribution >= 0.6 is 0 Å². The lowest BCUT2D eigenvalue weighted by molar-refractivity contribution is -0.0499. The Kier molecular flexibility index (Phi) is 5.50. The van der Waals surface area contributed by atoms with Gasteiger partial charge in [0, 0.05) is 25.8 Å². The molecular formula is C15H19F2NO3. The number of ether oxygens (including phenoxy) is 2. The number of carbonyl (C=O) groups is 1. The van der Waals surface area contributed by atoms with E-state index in [1.54, 1.807) is 24.1 Å². The summed E-state index contributed by atoms with van der Waals surface area (Å²) in [6, 6.07) is 5.92. The predicted octanol–water partition coefficient (Wildman–Crippen LogP) is 2.79. The van der Waals surface area contributed by atoms with Crippen LogP contribution < -0.4 is 4.74 Å². The standard InChI is InChI=1S/C15H19F2NO3/c1-20-10-11-4-3-7-18(9-11)14(19)12-5-2-6-13(8-12)21-15(16)17/h2,5-6,8,11,15H,3-4,7,9-10H2,1H3. The van der Waals surface area contributed by atoms with Gasteiger partial charge in [-0.2, -0.15) is 8.78 Å². The van der Waals surface area contributed by atoms with Crippen molar-refractivity contribution in [3.63, 3.8) is 0 Å². The molecule has 1 aliphatic rings. The molecule has 116 valence electrons. The first-order chi connectivity index (χ1) is 10.1. The van der Waals surface area contributed by atoms with Gasteiger partial charge >= 0.3 is 6.61 Å². The van der Waals surface area contributed by atoms with Crippen LogP contribution in [0.1, 0.15) is 23.2 Å². The Hall–Kier alpha value is -1.69. The fraction of sp³-hybridized carbons (Fsp3) is 0.533. The molecule has 1 heterocycles. The molecule has 0 bridgehead atoms. The van der Waals surface area contributed by atoms with Gasteiger partial charge in [-0.25, -0.2) is 0 Å². The van der Waals surface area contributed by atoms with Gasteiger partial charge in [-0.1, -0.05) is 6.07 Å². The third-order valence-corrected chi connectivity index (χ3v) is 3.51. The number of nitrogens with zero attached hydrogens (tertiary/aromatic N) is 1. The van der Waals surface area contributed by atoms with Crippen LogP contribution in [0.15, 0.2) is 24.3 Å². The minimum Gasteiger partial charge on any atom is -0.435 e. The Balaban J connectivity index is 2.05. The molecule has 1 aromatic carbocycles. The molecule has 21 heavy (non-hydrogen) atoms. The molecule has 1 unspecified atom stereocenters.